The molecule has 0 N–H and O–H groups in total. The van der Waals surface area contributed by atoms with Gasteiger partial charge in [0.05, 0.1) is 0 Å². The number of hydrogen-bond donors (Lipinski definition) is 0. The van der Waals surface area contributed by atoms with Crippen molar-refractivity contribution in [1.82, 2.24) is 0 Å². The summed E-state index contributed by atoms with van der Waals surface area (Å²) in [7, 11) is 0. The van der Waals surface area contributed by atoms with Crippen LogP contribution in [-0.4, -0.2) is 0 Å². The summed E-state index contributed by atoms with van der Waals surface area (Å²) in [6.45, 7) is 4.79. The lowest BCUT2D eigenvalue weighted by molar-refractivity contribution is 0.550. The third kappa shape index (κ3) is 5.90. The van der Waals surface area contributed by atoms with Gasteiger partial charge in [-0.3, -0.25) is 0 Å². The van der Waals surface area contributed by atoms with Crippen LogP contribution in [0.5, 0.6) is 0 Å². The maximum Gasteiger partial charge on any atom is 0.0468 e. The molecule has 69 heavy (non-hydrogen) atoms. The summed E-state index contributed by atoms with van der Waals surface area (Å²) in [5, 5.41) is 7.58. The zero-order valence-corrected chi connectivity index (χ0v) is 39.1. The highest BCUT2D eigenvalue weighted by molar-refractivity contribution is 6.33. The van der Waals surface area contributed by atoms with Gasteiger partial charge in [-0.05, 0) is 166 Å². The van der Waals surface area contributed by atoms with Gasteiger partial charge in [0.1, 0.15) is 0 Å². The third-order valence-corrected chi connectivity index (χ3v) is 16.4. The van der Waals surface area contributed by atoms with Crippen molar-refractivity contribution in [3.63, 3.8) is 0 Å². The number of fused-ring (bicyclic) bond motifs is 14. The number of hydrogen-bond acceptors (Lipinski definition) is 1. The van der Waals surface area contributed by atoms with Gasteiger partial charge in [0.15, 0.2) is 0 Å². The predicted octanol–water partition coefficient (Wildman–Crippen LogP) is 18.8. The van der Waals surface area contributed by atoms with Gasteiger partial charge in [-0.1, -0.05) is 209 Å². The van der Waals surface area contributed by atoms with Gasteiger partial charge in [0, 0.05) is 27.9 Å². The molecule has 3 aliphatic rings. The molecule has 0 atom stereocenters. The van der Waals surface area contributed by atoms with Crippen LogP contribution in [0.15, 0.2) is 224 Å². The van der Waals surface area contributed by atoms with Gasteiger partial charge >= 0.3 is 0 Å². The largest absolute Gasteiger partial charge is 0.310 e. The second-order valence-corrected chi connectivity index (χ2v) is 20.3. The quantitative estimate of drug-likeness (QED) is 0.150. The van der Waals surface area contributed by atoms with Crippen LogP contribution in [0.2, 0.25) is 0 Å². The van der Waals surface area contributed by atoms with Crippen molar-refractivity contribution in [2.45, 2.75) is 50.4 Å². The van der Waals surface area contributed by atoms with Crippen LogP contribution in [-0.2, 0) is 10.8 Å². The lowest BCUT2D eigenvalue weighted by Crippen LogP contribution is -2.21. The molecule has 0 amide bonds. The Hall–Kier alpha value is -8.00. The van der Waals surface area contributed by atoms with Crippen LogP contribution < -0.4 is 4.90 Å². The first-order valence-electron chi connectivity index (χ1n) is 24.9. The Balaban J connectivity index is 1.08. The Morgan fingerprint density at radius 1 is 0.319 bits per heavy atom. The molecule has 1 nitrogen and oxygen atoms in total. The molecule has 0 aliphatic heterocycles. The minimum atomic E-state index is -0.139. The van der Waals surface area contributed by atoms with E-state index in [9.17, 15) is 0 Å². The first-order valence-corrected chi connectivity index (χ1v) is 24.9. The van der Waals surface area contributed by atoms with Crippen molar-refractivity contribution < 1.29 is 0 Å². The van der Waals surface area contributed by atoms with E-state index in [2.05, 4.69) is 243 Å². The van der Waals surface area contributed by atoms with E-state index in [0.29, 0.717) is 0 Å². The average molecular weight is 882 g/mol. The Kier molecular flexibility index (Phi) is 8.87. The molecule has 1 fully saturated rings. The average Bonchev–Trinajstić information content (AvgIpc) is 4.08. The van der Waals surface area contributed by atoms with Gasteiger partial charge in [-0.15, -0.1) is 0 Å². The molecular weight excluding hydrogens is 831 g/mol. The molecule has 1 spiro atoms. The molecule has 0 bridgehead atoms. The van der Waals surface area contributed by atoms with Crippen molar-refractivity contribution >= 4 is 49.4 Å². The number of nitrogens with zero attached hydrogens (tertiary/aromatic N) is 1. The van der Waals surface area contributed by atoms with E-state index in [-0.39, 0.29) is 10.8 Å². The van der Waals surface area contributed by atoms with Crippen LogP contribution in [0.4, 0.5) is 17.1 Å². The Morgan fingerprint density at radius 2 is 0.797 bits per heavy atom. The standard InChI is InChI=1S/C68H51N/c1-67(2)60-30-16-14-27-51(60)53-35-32-48(41-62(53)67)69(49-33-36-54-52-28-15-17-31-61(52)68(63(54)42-49)38-18-19-39-68)47-34-37-56-59(40-47)50-26-12-13-29-55(50)65-58(45-22-8-4-9-23-45)43-57(44-20-6-3-7-21-44)64(66(56)65)46-24-10-5-11-25-46/h3-17,20-37,40-43H,18-19,38-39H2,1-2H3. The van der Waals surface area contributed by atoms with Crippen molar-refractivity contribution in [3.8, 4) is 55.6 Å². The highest BCUT2D eigenvalue weighted by atomic mass is 15.1. The summed E-state index contributed by atoms with van der Waals surface area (Å²) >= 11 is 0. The topological polar surface area (TPSA) is 3.24 Å². The summed E-state index contributed by atoms with van der Waals surface area (Å²) in [6.07, 6.45) is 4.91. The monoisotopic (exact) mass is 881 g/mol. The second-order valence-electron chi connectivity index (χ2n) is 20.3. The molecule has 14 rings (SSSR count). The van der Waals surface area contributed by atoms with E-state index in [1.165, 1.54) is 147 Å². The highest BCUT2D eigenvalue weighted by Gasteiger charge is 2.45. The number of benzene rings is 11. The minimum Gasteiger partial charge on any atom is -0.310 e. The Labute approximate surface area is 405 Å². The van der Waals surface area contributed by atoms with Crippen molar-refractivity contribution in [1.29, 1.82) is 0 Å². The fraction of sp³-hybridized carbons (Fsp3) is 0.118. The van der Waals surface area contributed by atoms with Crippen LogP contribution in [0.1, 0.15) is 61.8 Å². The summed E-state index contributed by atoms with van der Waals surface area (Å²) in [5.74, 6) is 0. The Bertz CT molecular complexity index is 3860. The highest BCUT2D eigenvalue weighted by Crippen LogP contribution is 2.59. The smallest absolute Gasteiger partial charge is 0.0468 e. The lowest BCUT2D eigenvalue weighted by atomic mass is 9.76. The summed E-state index contributed by atoms with van der Waals surface area (Å²) in [5.41, 5.74) is 22.1. The fourth-order valence-electron chi connectivity index (χ4n) is 13.3. The van der Waals surface area contributed by atoms with Gasteiger partial charge in [-0.25, -0.2) is 0 Å². The van der Waals surface area contributed by atoms with Crippen LogP contribution in [0.3, 0.4) is 0 Å². The second kappa shape index (κ2) is 15.3. The molecule has 328 valence electrons. The predicted molar refractivity (Wildman–Crippen MR) is 292 cm³/mol. The molecule has 0 saturated heterocycles. The fourth-order valence-corrected chi connectivity index (χ4v) is 13.3. The molecule has 3 aliphatic carbocycles. The first-order chi connectivity index (χ1) is 34.0. The normalized spacial score (nSPS) is 14.8. The van der Waals surface area contributed by atoms with E-state index in [1.807, 2.05) is 0 Å². The maximum absolute atomic E-state index is 2.57. The minimum absolute atomic E-state index is 0.0500. The van der Waals surface area contributed by atoms with Crippen LogP contribution in [0.25, 0.3) is 88.0 Å². The molecule has 1 heteroatoms. The summed E-state index contributed by atoms with van der Waals surface area (Å²) in [6, 6.07) is 84.9. The maximum atomic E-state index is 2.57. The summed E-state index contributed by atoms with van der Waals surface area (Å²) in [4.78, 5) is 2.57. The van der Waals surface area contributed by atoms with Crippen molar-refractivity contribution in [3.05, 3.63) is 247 Å². The molecular formula is C68H51N. The SMILES string of the molecule is CC1(C)c2ccccc2-c2ccc(N(c3ccc4c(c3)C3(CCCC3)c3ccccc3-4)c3ccc4c(c3)c3ccccc3c3c(-c5ccccc5)cc(-c5ccccc5)c(-c5ccccc5)c43)cc21. The zero-order chi connectivity index (χ0) is 45.8. The molecule has 1 saturated carbocycles. The number of rotatable bonds is 6. The molecule has 0 aromatic heterocycles. The molecule has 11 aromatic carbocycles. The van der Waals surface area contributed by atoms with E-state index < -0.39 is 0 Å². The van der Waals surface area contributed by atoms with E-state index in [0.717, 1.165) is 5.69 Å². The first kappa shape index (κ1) is 40.1. The van der Waals surface area contributed by atoms with Gasteiger partial charge < -0.3 is 4.90 Å². The zero-order valence-electron chi connectivity index (χ0n) is 39.1. The number of anilines is 3. The molecule has 0 unspecified atom stereocenters. The molecule has 11 aromatic rings. The van der Waals surface area contributed by atoms with Crippen LogP contribution in [0, 0.1) is 0 Å². The summed E-state index contributed by atoms with van der Waals surface area (Å²) < 4.78 is 0. The van der Waals surface area contributed by atoms with E-state index in [1.54, 1.807) is 0 Å². The van der Waals surface area contributed by atoms with Gasteiger partial charge in [-0.2, -0.15) is 0 Å². The van der Waals surface area contributed by atoms with Crippen LogP contribution >= 0.6 is 0 Å². The van der Waals surface area contributed by atoms with E-state index in [4.69, 9.17) is 0 Å². The van der Waals surface area contributed by atoms with Gasteiger partial charge in [0.2, 0.25) is 0 Å². The van der Waals surface area contributed by atoms with Gasteiger partial charge in [0.25, 0.3) is 0 Å². The lowest BCUT2D eigenvalue weighted by Gasteiger charge is -2.31. The van der Waals surface area contributed by atoms with Crippen molar-refractivity contribution in [2.24, 2.45) is 0 Å². The Morgan fingerprint density at radius 3 is 1.48 bits per heavy atom. The van der Waals surface area contributed by atoms with Crippen molar-refractivity contribution in [2.75, 3.05) is 4.90 Å². The molecule has 0 heterocycles. The van der Waals surface area contributed by atoms with E-state index >= 15 is 0 Å². The molecule has 0 radical (unpaired) electrons. The third-order valence-electron chi connectivity index (χ3n) is 16.4.